The average molecular weight is 223 g/mol. The Kier molecular flexibility index (Phi) is 4.26. The van der Waals surface area contributed by atoms with Gasteiger partial charge in [-0.2, -0.15) is 0 Å². The number of amides is 2. The number of nitrogens with one attached hydrogen (secondary N) is 2. The first-order valence-corrected chi connectivity index (χ1v) is 4.76. The lowest BCUT2D eigenvalue weighted by Crippen LogP contribution is -2.33. The van der Waals surface area contributed by atoms with Crippen LogP contribution in [-0.2, 0) is 4.79 Å². The van der Waals surface area contributed by atoms with Gasteiger partial charge in [0.05, 0.1) is 11.8 Å². The van der Waals surface area contributed by atoms with Crippen LogP contribution in [0.5, 0.6) is 5.75 Å². The van der Waals surface area contributed by atoms with Crippen molar-refractivity contribution in [1.29, 1.82) is 0 Å². The Morgan fingerprint density at radius 2 is 2.00 bits per heavy atom. The highest BCUT2D eigenvalue weighted by molar-refractivity contribution is 5.94. The summed E-state index contributed by atoms with van der Waals surface area (Å²) in [6, 6.07) is 1.32. The smallest absolute Gasteiger partial charge is 0.253 e. The summed E-state index contributed by atoms with van der Waals surface area (Å²) in [5.41, 5.74) is 0.280. The van der Waals surface area contributed by atoms with E-state index in [0.717, 1.165) is 0 Å². The van der Waals surface area contributed by atoms with Crippen LogP contribution in [0.25, 0.3) is 0 Å². The van der Waals surface area contributed by atoms with E-state index in [-0.39, 0.29) is 23.1 Å². The lowest BCUT2D eigenvalue weighted by atomic mass is 10.2. The van der Waals surface area contributed by atoms with Crippen LogP contribution < -0.4 is 10.6 Å². The lowest BCUT2D eigenvalue weighted by Gasteiger charge is -2.05. The Hall–Kier alpha value is -2.11. The molecular weight excluding hydrogens is 210 g/mol. The fourth-order valence-electron chi connectivity index (χ4n) is 1.07. The second kappa shape index (κ2) is 5.69. The molecule has 6 nitrogen and oxygen atoms in total. The van der Waals surface area contributed by atoms with Crippen molar-refractivity contribution in [1.82, 2.24) is 15.6 Å². The topological polar surface area (TPSA) is 91.3 Å². The lowest BCUT2D eigenvalue weighted by molar-refractivity contribution is -0.118. The molecule has 0 radical (unpaired) electrons. The van der Waals surface area contributed by atoms with Gasteiger partial charge in [0.15, 0.2) is 0 Å². The average Bonchev–Trinajstić information content (AvgIpc) is 2.24. The highest BCUT2D eigenvalue weighted by Crippen LogP contribution is 2.07. The van der Waals surface area contributed by atoms with E-state index in [1.165, 1.54) is 25.4 Å². The molecule has 0 aliphatic heterocycles. The zero-order valence-electron chi connectivity index (χ0n) is 8.86. The molecule has 1 aromatic heterocycles. The molecule has 0 unspecified atom stereocenters. The predicted molar refractivity (Wildman–Crippen MR) is 56.9 cm³/mol. The van der Waals surface area contributed by atoms with Crippen LogP contribution in [0, 0.1) is 0 Å². The van der Waals surface area contributed by atoms with Gasteiger partial charge >= 0.3 is 0 Å². The molecule has 3 N–H and O–H groups in total. The largest absolute Gasteiger partial charge is 0.506 e. The van der Waals surface area contributed by atoms with Crippen molar-refractivity contribution in [3.05, 3.63) is 24.0 Å². The molecule has 1 rings (SSSR count). The summed E-state index contributed by atoms with van der Waals surface area (Å²) in [6.07, 6.45) is 2.60. The van der Waals surface area contributed by atoms with Crippen LogP contribution in [0.3, 0.4) is 0 Å². The fourth-order valence-corrected chi connectivity index (χ4v) is 1.07. The molecule has 0 saturated carbocycles. The van der Waals surface area contributed by atoms with Crippen molar-refractivity contribution in [3.63, 3.8) is 0 Å². The van der Waals surface area contributed by atoms with Gasteiger partial charge in [-0.15, -0.1) is 0 Å². The molecule has 1 aromatic rings. The van der Waals surface area contributed by atoms with Crippen LogP contribution in [0.4, 0.5) is 0 Å². The Balaban J connectivity index is 2.38. The van der Waals surface area contributed by atoms with Crippen LogP contribution in [0.1, 0.15) is 17.3 Å². The number of rotatable bonds is 4. The minimum Gasteiger partial charge on any atom is -0.506 e. The molecule has 86 valence electrons. The number of aromatic hydroxyl groups is 1. The third-order valence-electron chi connectivity index (χ3n) is 1.77. The maximum Gasteiger partial charge on any atom is 0.253 e. The third kappa shape index (κ3) is 3.95. The van der Waals surface area contributed by atoms with Crippen molar-refractivity contribution in [2.24, 2.45) is 0 Å². The molecule has 0 bridgehead atoms. The number of nitrogens with zero attached hydrogens (tertiary/aromatic N) is 1. The monoisotopic (exact) mass is 223 g/mol. The highest BCUT2D eigenvalue weighted by atomic mass is 16.3. The van der Waals surface area contributed by atoms with Gasteiger partial charge in [0.2, 0.25) is 5.91 Å². The molecular formula is C10H13N3O3. The summed E-state index contributed by atoms with van der Waals surface area (Å²) >= 11 is 0. The van der Waals surface area contributed by atoms with Crippen molar-refractivity contribution in [2.45, 2.75) is 6.92 Å². The zero-order valence-corrected chi connectivity index (χ0v) is 8.86. The molecule has 0 saturated heterocycles. The maximum atomic E-state index is 11.5. The third-order valence-corrected chi connectivity index (χ3v) is 1.77. The van der Waals surface area contributed by atoms with Gasteiger partial charge in [0.1, 0.15) is 5.75 Å². The number of pyridine rings is 1. The normalized spacial score (nSPS) is 9.56. The molecule has 1 heterocycles. The Morgan fingerprint density at radius 3 is 2.62 bits per heavy atom. The zero-order chi connectivity index (χ0) is 12.0. The first-order valence-electron chi connectivity index (χ1n) is 4.76. The Morgan fingerprint density at radius 1 is 1.31 bits per heavy atom. The molecule has 0 spiro atoms. The van der Waals surface area contributed by atoms with Gasteiger partial charge in [-0.05, 0) is 6.07 Å². The van der Waals surface area contributed by atoms with Crippen molar-refractivity contribution >= 4 is 11.8 Å². The van der Waals surface area contributed by atoms with E-state index in [1.807, 2.05) is 0 Å². The van der Waals surface area contributed by atoms with Crippen molar-refractivity contribution in [3.8, 4) is 5.75 Å². The van der Waals surface area contributed by atoms with E-state index >= 15 is 0 Å². The molecule has 0 atom stereocenters. The second-order valence-electron chi connectivity index (χ2n) is 3.17. The standard InChI is InChI=1S/C10H13N3O3/c1-7(14)12-2-3-13-10(16)8-4-9(15)6-11-5-8/h4-6,15H,2-3H2,1H3,(H,12,14)(H,13,16). The molecule has 6 heteroatoms. The first-order chi connectivity index (χ1) is 7.59. The number of aromatic nitrogens is 1. The van der Waals surface area contributed by atoms with Gasteiger partial charge in [-0.1, -0.05) is 0 Å². The Bertz CT molecular complexity index is 393. The van der Waals surface area contributed by atoms with Gasteiger partial charge in [0.25, 0.3) is 5.91 Å². The van der Waals surface area contributed by atoms with E-state index in [9.17, 15) is 9.59 Å². The summed E-state index contributed by atoms with van der Waals surface area (Å²) in [5.74, 6) is -0.545. The number of hydrogen-bond donors (Lipinski definition) is 3. The highest BCUT2D eigenvalue weighted by Gasteiger charge is 2.05. The van der Waals surface area contributed by atoms with Crippen LogP contribution in [-0.4, -0.2) is 35.0 Å². The number of hydrogen-bond acceptors (Lipinski definition) is 4. The Labute approximate surface area is 92.7 Å². The van der Waals surface area contributed by atoms with Gasteiger partial charge in [0, 0.05) is 26.2 Å². The summed E-state index contributed by atoms with van der Waals surface area (Å²) in [7, 11) is 0. The van der Waals surface area contributed by atoms with E-state index in [0.29, 0.717) is 13.1 Å². The maximum absolute atomic E-state index is 11.5. The molecule has 2 amide bonds. The molecule has 16 heavy (non-hydrogen) atoms. The minimum atomic E-state index is -0.339. The van der Waals surface area contributed by atoms with Crippen LogP contribution >= 0.6 is 0 Å². The van der Waals surface area contributed by atoms with E-state index < -0.39 is 0 Å². The fraction of sp³-hybridized carbons (Fsp3) is 0.300. The van der Waals surface area contributed by atoms with E-state index in [1.54, 1.807) is 0 Å². The molecule has 0 aromatic carbocycles. The molecule has 0 aliphatic carbocycles. The summed E-state index contributed by atoms with van der Waals surface area (Å²) < 4.78 is 0. The van der Waals surface area contributed by atoms with Gasteiger partial charge in [-0.3, -0.25) is 14.6 Å². The minimum absolute atomic E-state index is 0.0606. The van der Waals surface area contributed by atoms with Crippen molar-refractivity contribution in [2.75, 3.05) is 13.1 Å². The van der Waals surface area contributed by atoms with E-state index in [2.05, 4.69) is 15.6 Å². The first kappa shape index (κ1) is 12.0. The van der Waals surface area contributed by atoms with Crippen molar-refractivity contribution < 1.29 is 14.7 Å². The molecule has 0 fully saturated rings. The quantitative estimate of drug-likeness (QED) is 0.608. The number of carbonyl (C=O) groups is 2. The van der Waals surface area contributed by atoms with Crippen LogP contribution in [0.15, 0.2) is 18.5 Å². The SMILES string of the molecule is CC(=O)NCCNC(=O)c1cncc(O)c1. The summed E-state index contributed by atoms with van der Waals surface area (Å²) in [5, 5.41) is 14.2. The predicted octanol–water partition coefficient (Wildman–Crippen LogP) is -0.347. The molecule has 0 aliphatic rings. The van der Waals surface area contributed by atoms with Crippen LogP contribution in [0.2, 0.25) is 0 Å². The number of carbonyl (C=O) groups excluding carboxylic acids is 2. The van der Waals surface area contributed by atoms with E-state index in [4.69, 9.17) is 5.11 Å². The van der Waals surface area contributed by atoms with Gasteiger partial charge in [-0.25, -0.2) is 0 Å². The second-order valence-corrected chi connectivity index (χ2v) is 3.17. The summed E-state index contributed by atoms with van der Waals surface area (Å²) in [6.45, 7) is 2.10. The summed E-state index contributed by atoms with van der Waals surface area (Å²) in [4.78, 5) is 25.7. The van der Waals surface area contributed by atoms with Gasteiger partial charge < -0.3 is 15.7 Å².